The highest BCUT2D eigenvalue weighted by atomic mass is 32.1. The number of amides is 1. The quantitative estimate of drug-likeness (QED) is 0.458. The molecule has 8 heteroatoms. The normalized spacial score (nSPS) is 21.8. The van der Waals surface area contributed by atoms with Gasteiger partial charge in [-0.2, -0.15) is 0 Å². The van der Waals surface area contributed by atoms with Crippen molar-refractivity contribution in [2.45, 2.75) is 50.9 Å². The Bertz CT molecular complexity index is 1160. The Morgan fingerprint density at radius 2 is 2.06 bits per heavy atom. The Kier molecular flexibility index (Phi) is 7.11. The number of carbonyl (C=O) groups is 1. The number of ether oxygens (including phenoxy) is 1. The van der Waals surface area contributed by atoms with E-state index in [4.69, 9.17) is 17.0 Å². The number of pyridine rings is 1. The molecule has 0 aliphatic carbocycles. The first-order chi connectivity index (χ1) is 17.1. The standard InChI is InChI=1S/C27H31N5O2S/c1-19-9-11-20(12-10-19)29-24(33)13-16-32-26(25(30-27(32)35)22-7-2-3-14-28-22)23-8-4-15-31(23)18-21-6-5-17-34-21/h2-4,7-12,14-15,21,25-26H,5-6,13,16-18H2,1H3,(H,29,33)(H,30,35)/t21-,25-,26-/m1/s1. The largest absolute Gasteiger partial charge is 0.376 e. The first-order valence-corrected chi connectivity index (χ1v) is 12.6. The molecule has 1 amide bonds. The number of aromatic nitrogens is 2. The Hall–Kier alpha value is -3.23. The van der Waals surface area contributed by atoms with Crippen LogP contribution in [-0.2, 0) is 16.1 Å². The number of rotatable bonds is 8. The van der Waals surface area contributed by atoms with Gasteiger partial charge in [0.25, 0.3) is 0 Å². The molecule has 7 nitrogen and oxygen atoms in total. The van der Waals surface area contributed by atoms with Crippen LogP contribution in [-0.4, -0.2) is 44.7 Å². The van der Waals surface area contributed by atoms with E-state index in [1.165, 1.54) is 0 Å². The summed E-state index contributed by atoms with van der Waals surface area (Å²) in [4.78, 5) is 19.5. The van der Waals surface area contributed by atoms with E-state index in [-0.39, 0.29) is 24.1 Å². The van der Waals surface area contributed by atoms with E-state index in [9.17, 15) is 4.79 Å². The molecule has 3 aromatic rings. The van der Waals surface area contributed by atoms with Gasteiger partial charge < -0.3 is 24.8 Å². The SMILES string of the molecule is Cc1ccc(NC(=O)CCN2C(=S)N[C@H](c3ccccn3)[C@H]2c2cccn2C[C@H]2CCCO2)cc1. The van der Waals surface area contributed by atoms with Crippen LogP contribution in [0.25, 0.3) is 0 Å². The topological polar surface area (TPSA) is 71.4 Å². The minimum Gasteiger partial charge on any atom is -0.376 e. The summed E-state index contributed by atoms with van der Waals surface area (Å²) in [5.41, 5.74) is 4.03. The van der Waals surface area contributed by atoms with Crippen LogP contribution in [0.5, 0.6) is 0 Å². The number of nitrogens with zero attached hydrogens (tertiary/aromatic N) is 3. The average Bonchev–Trinajstić information content (AvgIpc) is 3.61. The van der Waals surface area contributed by atoms with Crippen LogP contribution in [0.2, 0.25) is 0 Å². The lowest BCUT2D eigenvalue weighted by molar-refractivity contribution is -0.116. The first kappa shape index (κ1) is 23.5. The Morgan fingerprint density at radius 3 is 2.80 bits per heavy atom. The van der Waals surface area contributed by atoms with Crippen LogP contribution >= 0.6 is 12.2 Å². The fourth-order valence-electron chi connectivity index (χ4n) is 4.92. The van der Waals surface area contributed by atoms with Crippen molar-refractivity contribution in [2.75, 3.05) is 18.5 Å². The van der Waals surface area contributed by atoms with Crippen molar-refractivity contribution in [3.8, 4) is 0 Å². The highest BCUT2D eigenvalue weighted by Crippen LogP contribution is 2.39. The molecule has 5 rings (SSSR count). The van der Waals surface area contributed by atoms with Gasteiger partial charge >= 0.3 is 0 Å². The maximum absolute atomic E-state index is 12.8. The van der Waals surface area contributed by atoms with Gasteiger partial charge in [-0.15, -0.1) is 0 Å². The molecule has 0 unspecified atom stereocenters. The van der Waals surface area contributed by atoms with Crippen molar-refractivity contribution in [1.82, 2.24) is 19.8 Å². The van der Waals surface area contributed by atoms with Gasteiger partial charge in [-0.3, -0.25) is 9.78 Å². The summed E-state index contributed by atoms with van der Waals surface area (Å²) >= 11 is 5.77. The molecule has 0 bridgehead atoms. The second-order valence-electron chi connectivity index (χ2n) is 9.20. The van der Waals surface area contributed by atoms with Gasteiger partial charge in [-0.05, 0) is 68.4 Å². The predicted octanol–water partition coefficient (Wildman–Crippen LogP) is 4.37. The fourth-order valence-corrected chi connectivity index (χ4v) is 5.25. The van der Waals surface area contributed by atoms with Crippen LogP contribution in [0.3, 0.4) is 0 Å². The van der Waals surface area contributed by atoms with E-state index in [0.29, 0.717) is 18.1 Å². The van der Waals surface area contributed by atoms with Crippen molar-refractivity contribution in [1.29, 1.82) is 0 Å². The zero-order valence-corrected chi connectivity index (χ0v) is 20.7. The lowest BCUT2D eigenvalue weighted by Gasteiger charge is -2.29. The summed E-state index contributed by atoms with van der Waals surface area (Å²) in [5, 5.41) is 7.11. The minimum absolute atomic E-state index is 0.0357. The monoisotopic (exact) mass is 489 g/mol. The summed E-state index contributed by atoms with van der Waals surface area (Å²) in [6.45, 7) is 4.17. The third-order valence-electron chi connectivity index (χ3n) is 6.70. The molecule has 0 radical (unpaired) electrons. The molecule has 1 aromatic carbocycles. The van der Waals surface area contributed by atoms with Gasteiger partial charge in [0.05, 0.1) is 23.9 Å². The summed E-state index contributed by atoms with van der Waals surface area (Å²) in [7, 11) is 0. The maximum atomic E-state index is 12.8. The lowest BCUT2D eigenvalue weighted by Crippen LogP contribution is -2.33. The van der Waals surface area contributed by atoms with Crippen molar-refractivity contribution >= 4 is 28.9 Å². The van der Waals surface area contributed by atoms with Crippen molar-refractivity contribution in [3.05, 3.63) is 83.9 Å². The fraction of sp³-hybridized carbons (Fsp3) is 0.370. The molecule has 4 heterocycles. The second kappa shape index (κ2) is 10.6. The number of hydrogen-bond acceptors (Lipinski definition) is 4. The van der Waals surface area contributed by atoms with Crippen LogP contribution in [0, 0.1) is 6.92 Å². The minimum atomic E-state index is -0.109. The summed E-state index contributed by atoms with van der Waals surface area (Å²) in [6.07, 6.45) is 6.65. The van der Waals surface area contributed by atoms with Gasteiger partial charge in [-0.25, -0.2) is 0 Å². The van der Waals surface area contributed by atoms with Crippen molar-refractivity contribution in [2.24, 2.45) is 0 Å². The zero-order chi connectivity index (χ0) is 24.2. The van der Waals surface area contributed by atoms with Gasteiger partial charge in [0.2, 0.25) is 5.91 Å². The summed E-state index contributed by atoms with van der Waals surface area (Å²) in [6, 6.07) is 17.8. The Morgan fingerprint density at radius 1 is 1.20 bits per heavy atom. The van der Waals surface area contributed by atoms with Crippen molar-refractivity contribution in [3.63, 3.8) is 0 Å². The van der Waals surface area contributed by atoms with E-state index in [1.807, 2.05) is 49.4 Å². The van der Waals surface area contributed by atoms with Crippen LogP contribution in [0.4, 0.5) is 5.69 Å². The van der Waals surface area contributed by atoms with Crippen LogP contribution in [0.15, 0.2) is 67.0 Å². The number of benzene rings is 1. The predicted molar refractivity (Wildman–Crippen MR) is 140 cm³/mol. The number of thiocarbonyl (C=S) groups is 1. The molecular weight excluding hydrogens is 458 g/mol. The molecule has 3 atom stereocenters. The molecule has 2 saturated heterocycles. The number of aryl methyl sites for hydroxylation is 1. The maximum Gasteiger partial charge on any atom is 0.226 e. The van der Waals surface area contributed by atoms with E-state index < -0.39 is 0 Å². The summed E-state index contributed by atoms with van der Waals surface area (Å²) in [5.74, 6) is -0.0357. The average molecular weight is 490 g/mol. The van der Waals surface area contributed by atoms with E-state index in [0.717, 1.165) is 48.6 Å². The molecule has 0 saturated carbocycles. The molecule has 182 valence electrons. The first-order valence-electron chi connectivity index (χ1n) is 12.2. The Labute approximate surface area is 211 Å². The number of carbonyl (C=O) groups excluding carboxylic acids is 1. The number of hydrogen-bond donors (Lipinski definition) is 2. The molecule has 2 aromatic heterocycles. The van der Waals surface area contributed by atoms with Gasteiger partial charge in [0, 0.05) is 49.9 Å². The smallest absolute Gasteiger partial charge is 0.226 e. The lowest BCUT2D eigenvalue weighted by atomic mass is 10.0. The second-order valence-corrected chi connectivity index (χ2v) is 9.59. The molecule has 2 fully saturated rings. The van der Waals surface area contributed by atoms with Crippen LogP contribution in [0.1, 0.15) is 48.3 Å². The van der Waals surface area contributed by atoms with Gasteiger partial charge in [0.15, 0.2) is 5.11 Å². The highest BCUT2D eigenvalue weighted by Gasteiger charge is 2.41. The molecule has 2 aliphatic rings. The number of nitrogens with one attached hydrogen (secondary N) is 2. The van der Waals surface area contributed by atoms with E-state index >= 15 is 0 Å². The van der Waals surface area contributed by atoms with E-state index in [2.05, 4.69) is 43.4 Å². The molecule has 2 N–H and O–H groups in total. The molecular formula is C27H31N5O2S. The third kappa shape index (κ3) is 5.39. The van der Waals surface area contributed by atoms with Crippen molar-refractivity contribution < 1.29 is 9.53 Å². The highest BCUT2D eigenvalue weighted by molar-refractivity contribution is 7.80. The molecule has 35 heavy (non-hydrogen) atoms. The number of anilines is 1. The van der Waals surface area contributed by atoms with E-state index in [1.54, 1.807) is 6.20 Å². The van der Waals surface area contributed by atoms with Crippen LogP contribution < -0.4 is 10.6 Å². The summed E-state index contributed by atoms with van der Waals surface area (Å²) < 4.78 is 8.17. The van der Waals surface area contributed by atoms with Gasteiger partial charge in [0.1, 0.15) is 0 Å². The molecule has 0 spiro atoms. The molecule has 2 aliphatic heterocycles. The Balaban J connectivity index is 1.36. The zero-order valence-electron chi connectivity index (χ0n) is 19.9. The van der Waals surface area contributed by atoms with Gasteiger partial charge in [-0.1, -0.05) is 23.8 Å². The third-order valence-corrected chi connectivity index (χ3v) is 7.06.